The molecule has 0 saturated carbocycles. The summed E-state index contributed by atoms with van der Waals surface area (Å²) < 4.78 is 44.8. The third-order valence-electron chi connectivity index (χ3n) is 6.65. The summed E-state index contributed by atoms with van der Waals surface area (Å²) in [6.07, 6.45) is -0.596. The molecule has 0 aliphatic heterocycles. The number of hydrogen-bond donors (Lipinski definition) is 1. The summed E-state index contributed by atoms with van der Waals surface area (Å²) in [4.78, 5) is 25.6. The normalized spacial score (nSPS) is 12.0. The number of benzene rings is 3. The Morgan fingerprint density at radius 1 is 0.950 bits per heavy atom. The minimum atomic E-state index is -4.50. The number of alkyl halides is 3. The van der Waals surface area contributed by atoms with Crippen LogP contribution in [-0.4, -0.2) is 21.9 Å². The fraction of sp³-hybridized carbons (Fsp3) is 0.250. The molecule has 0 aliphatic carbocycles. The number of aryl methyl sites for hydroxylation is 1. The van der Waals surface area contributed by atoms with Crippen LogP contribution in [0.1, 0.15) is 66.1 Å². The Hall–Kier alpha value is -4.51. The molecule has 1 atom stereocenters. The molecule has 0 fully saturated rings. The van der Waals surface area contributed by atoms with Gasteiger partial charge in [0, 0.05) is 17.5 Å². The maximum absolute atomic E-state index is 13.1. The van der Waals surface area contributed by atoms with E-state index in [1.165, 1.54) is 17.7 Å². The minimum absolute atomic E-state index is 0.0719. The average molecular weight is 548 g/mol. The molecule has 4 rings (SSSR count). The van der Waals surface area contributed by atoms with Gasteiger partial charge in [0.15, 0.2) is 0 Å². The van der Waals surface area contributed by atoms with E-state index in [4.69, 9.17) is 4.42 Å². The van der Waals surface area contributed by atoms with Crippen molar-refractivity contribution in [1.82, 2.24) is 4.90 Å². The fourth-order valence-electron chi connectivity index (χ4n) is 4.63. The van der Waals surface area contributed by atoms with E-state index in [1.807, 2.05) is 24.3 Å². The summed E-state index contributed by atoms with van der Waals surface area (Å²) >= 11 is 0. The van der Waals surface area contributed by atoms with E-state index in [0.29, 0.717) is 34.1 Å². The van der Waals surface area contributed by atoms with Gasteiger partial charge in [-0.3, -0.25) is 4.79 Å². The Bertz CT molecular complexity index is 1560. The number of halogens is 3. The highest BCUT2D eigenvalue weighted by atomic mass is 19.4. The zero-order chi connectivity index (χ0) is 28.9. The van der Waals surface area contributed by atoms with Crippen LogP contribution >= 0.6 is 0 Å². The van der Waals surface area contributed by atoms with Crippen molar-refractivity contribution in [3.05, 3.63) is 106 Å². The van der Waals surface area contributed by atoms with Crippen molar-refractivity contribution in [3.63, 3.8) is 0 Å². The Morgan fingerprint density at radius 2 is 1.62 bits per heavy atom. The first-order valence-electron chi connectivity index (χ1n) is 12.9. The standard InChI is InChI=1S/C32H28F3NO4/c1-3-5-21-6-8-22(9-7-21)10-12-25-20-40-29-17-11-23(18-27(25)29)19-36(30(37)31(38)39)28(4-2)24-13-15-26(16-14-24)32(33,34)35/h6-9,11,13-18,20,28H,3-5,19H2,1-2H3,(H,38,39). The summed E-state index contributed by atoms with van der Waals surface area (Å²) in [6.45, 7) is 3.80. The number of carbonyl (C=O) groups is 2. The molecule has 4 aromatic rings. The molecule has 0 aliphatic rings. The number of rotatable bonds is 7. The van der Waals surface area contributed by atoms with Gasteiger partial charge in [0.1, 0.15) is 11.8 Å². The fourth-order valence-corrected chi connectivity index (χ4v) is 4.63. The molecular formula is C32H28F3NO4. The molecule has 40 heavy (non-hydrogen) atoms. The highest BCUT2D eigenvalue weighted by Crippen LogP contribution is 2.33. The first-order chi connectivity index (χ1) is 19.1. The van der Waals surface area contributed by atoms with Crippen molar-refractivity contribution in [2.45, 2.75) is 51.9 Å². The van der Waals surface area contributed by atoms with E-state index in [-0.39, 0.29) is 6.54 Å². The van der Waals surface area contributed by atoms with Crippen molar-refractivity contribution in [1.29, 1.82) is 0 Å². The zero-order valence-electron chi connectivity index (χ0n) is 22.1. The molecule has 5 nitrogen and oxygen atoms in total. The van der Waals surface area contributed by atoms with Crippen LogP contribution in [0.25, 0.3) is 11.0 Å². The van der Waals surface area contributed by atoms with Crippen molar-refractivity contribution in [3.8, 4) is 11.8 Å². The third-order valence-corrected chi connectivity index (χ3v) is 6.65. The first-order valence-corrected chi connectivity index (χ1v) is 12.9. The molecule has 1 unspecified atom stereocenters. The van der Waals surface area contributed by atoms with Gasteiger partial charge >= 0.3 is 18.1 Å². The molecule has 0 saturated heterocycles. The highest BCUT2D eigenvalue weighted by Gasteiger charge is 2.32. The summed E-state index contributed by atoms with van der Waals surface area (Å²) in [5, 5.41) is 10.2. The van der Waals surface area contributed by atoms with Crippen molar-refractivity contribution < 1.29 is 32.3 Å². The van der Waals surface area contributed by atoms with Gasteiger partial charge in [-0.1, -0.05) is 62.4 Å². The first kappa shape index (κ1) is 28.5. The van der Waals surface area contributed by atoms with Crippen LogP contribution in [0.4, 0.5) is 13.2 Å². The number of carboxylic acid groups (broad SMARTS) is 1. The van der Waals surface area contributed by atoms with Crippen molar-refractivity contribution in [2.75, 3.05) is 0 Å². The topological polar surface area (TPSA) is 70.8 Å². The second kappa shape index (κ2) is 12.1. The van der Waals surface area contributed by atoms with Crippen LogP contribution in [0.5, 0.6) is 0 Å². The molecule has 3 aromatic carbocycles. The summed E-state index contributed by atoms with van der Waals surface area (Å²) in [5.41, 5.74) is 3.53. The van der Waals surface area contributed by atoms with Crippen LogP contribution in [0.15, 0.2) is 77.4 Å². The number of carbonyl (C=O) groups excluding carboxylic acids is 1. The number of hydrogen-bond acceptors (Lipinski definition) is 3. The largest absolute Gasteiger partial charge is 0.474 e. The number of carboxylic acids is 1. The molecule has 1 heterocycles. The van der Waals surface area contributed by atoms with Crippen molar-refractivity contribution >= 4 is 22.8 Å². The van der Waals surface area contributed by atoms with Gasteiger partial charge in [0.25, 0.3) is 0 Å². The number of fused-ring (bicyclic) bond motifs is 1. The number of furan rings is 1. The quantitative estimate of drug-likeness (QED) is 0.194. The lowest BCUT2D eigenvalue weighted by Gasteiger charge is -2.30. The van der Waals surface area contributed by atoms with Crippen LogP contribution in [0.3, 0.4) is 0 Å². The number of aliphatic carboxylic acids is 1. The van der Waals surface area contributed by atoms with Crippen LogP contribution in [-0.2, 0) is 28.7 Å². The summed E-state index contributed by atoms with van der Waals surface area (Å²) in [6, 6.07) is 16.9. The second-order valence-corrected chi connectivity index (χ2v) is 9.46. The lowest BCUT2D eigenvalue weighted by Crippen LogP contribution is -2.38. The molecular weight excluding hydrogens is 519 g/mol. The number of amides is 1. The highest BCUT2D eigenvalue weighted by molar-refractivity contribution is 6.31. The van der Waals surface area contributed by atoms with Gasteiger partial charge in [0.05, 0.1) is 17.2 Å². The van der Waals surface area contributed by atoms with E-state index in [1.54, 1.807) is 31.4 Å². The van der Waals surface area contributed by atoms with E-state index in [2.05, 4.69) is 18.8 Å². The maximum Gasteiger partial charge on any atom is 0.416 e. The predicted molar refractivity (Wildman–Crippen MR) is 145 cm³/mol. The summed E-state index contributed by atoms with van der Waals surface area (Å²) in [5.74, 6) is 3.46. The lowest BCUT2D eigenvalue weighted by molar-refractivity contribution is -0.157. The SMILES string of the molecule is CCCc1ccc(C#Cc2coc3ccc(CN(C(=O)C(=O)O)C(CC)c4ccc(C(F)(F)F)cc4)cc23)cc1. The molecule has 1 aromatic heterocycles. The lowest BCUT2D eigenvalue weighted by atomic mass is 9.99. The van der Waals surface area contributed by atoms with Gasteiger partial charge in [-0.25, -0.2) is 4.79 Å². The Balaban J connectivity index is 1.64. The Kier molecular flexibility index (Phi) is 8.64. The predicted octanol–water partition coefficient (Wildman–Crippen LogP) is 7.37. The molecule has 1 amide bonds. The van der Waals surface area contributed by atoms with Gasteiger partial charge < -0.3 is 14.4 Å². The van der Waals surface area contributed by atoms with Gasteiger partial charge in [-0.15, -0.1) is 0 Å². The third kappa shape index (κ3) is 6.55. The Labute approximate surface area is 230 Å². The van der Waals surface area contributed by atoms with E-state index >= 15 is 0 Å². The molecule has 206 valence electrons. The van der Waals surface area contributed by atoms with E-state index in [9.17, 15) is 27.9 Å². The monoisotopic (exact) mass is 547 g/mol. The van der Waals surface area contributed by atoms with Gasteiger partial charge in [-0.05, 0) is 65.9 Å². The van der Waals surface area contributed by atoms with Gasteiger partial charge in [0.2, 0.25) is 0 Å². The zero-order valence-corrected chi connectivity index (χ0v) is 22.1. The molecule has 8 heteroatoms. The van der Waals surface area contributed by atoms with Crippen LogP contribution in [0.2, 0.25) is 0 Å². The minimum Gasteiger partial charge on any atom is -0.474 e. The molecule has 1 N–H and O–H groups in total. The maximum atomic E-state index is 13.1. The van der Waals surface area contributed by atoms with Crippen LogP contribution < -0.4 is 0 Å². The molecule has 0 spiro atoms. The summed E-state index contributed by atoms with van der Waals surface area (Å²) in [7, 11) is 0. The average Bonchev–Trinajstić information content (AvgIpc) is 3.34. The van der Waals surface area contributed by atoms with Crippen molar-refractivity contribution in [2.24, 2.45) is 0 Å². The van der Waals surface area contributed by atoms with E-state index < -0.39 is 29.7 Å². The van der Waals surface area contributed by atoms with Gasteiger partial charge in [-0.2, -0.15) is 13.2 Å². The second-order valence-electron chi connectivity index (χ2n) is 9.46. The molecule has 0 radical (unpaired) electrons. The molecule has 0 bridgehead atoms. The Morgan fingerprint density at radius 3 is 2.23 bits per heavy atom. The van der Waals surface area contributed by atoms with E-state index in [0.717, 1.165) is 35.4 Å². The smallest absolute Gasteiger partial charge is 0.416 e. The number of nitrogens with zero attached hydrogens (tertiary/aromatic N) is 1. The van der Waals surface area contributed by atoms with Crippen LogP contribution in [0, 0.1) is 11.8 Å².